The van der Waals surface area contributed by atoms with Crippen LogP contribution >= 0.6 is 0 Å². The van der Waals surface area contributed by atoms with Crippen LogP contribution in [0.2, 0.25) is 0 Å². The molecule has 0 atom stereocenters. The highest BCUT2D eigenvalue weighted by Crippen LogP contribution is 2.47. The van der Waals surface area contributed by atoms with Crippen molar-refractivity contribution >= 4 is 20.2 Å². The third kappa shape index (κ3) is 5.19. The Kier molecular flexibility index (Phi) is 6.92. The van der Waals surface area contributed by atoms with Crippen LogP contribution in [0.25, 0.3) is 0 Å². The van der Waals surface area contributed by atoms with Crippen LogP contribution in [0.5, 0.6) is 23.5 Å². The number of hydrogen-bond acceptors (Lipinski definition) is 10. The fourth-order valence-corrected chi connectivity index (χ4v) is 6.29. The molecule has 0 amide bonds. The number of nitrogens with zero attached hydrogens (tertiary/aromatic N) is 2. The van der Waals surface area contributed by atoms with E-state index in [0.29, 0.717) is 12.1 Å². The minimum atomic E-state index is -5.09. The lowest BCUT2D eigenvalue weighted by Gasteiger charge is -2.11. The number of aromatic hydroxyl groups is 4. The maximum absolute atomic E-state index is 13.0. The molecule has 20 heteroatoms. The number of halogens is 6. The summed E-state index contributed by atoms with van der Waals surface area (Å²) in [6.45, 7) is 0. The zero-order valence-electron chi connectivity index (χ0n) is 21.3. The van der Waals surface area contributed by atoms with Gasteiger partial charge in [0, 0.05) is 35.1 Å². The quantitative estimate of drug-likeness (QED) is 0.196. The van der Waals surface area contributed by atoms with Gasteiger partial charge in [0.1, 0.15) is 9.79 Å². The summed E-state index contributed by atoms with van der Waals surface area (Å²) in [7, 11) is -10.2. The van der Waals surface area contributed by atoms with Gasteiger partial charge in [0.05, 0.1) is 11.1 Å². The van der Waals surface area contributed by atoms with E-state index in [1.54, 1.807) is 0 Å². The molecule has 0 fully saturated rings. The number of rotatable bonds is 6. The van der Waals surface area contributed by atoms with Gasteiger partial charge >= 0.3 is 32.6 Å². The molecule has 0 spiro atoms. The third-order valence-corrected chi connectivity index (χ3v) is 8.88. The molecule has 12 nitrogen and oxygen atoms in total. The molecule has 4 N–H and O–H groups in total. The minimum absolute atomic E-state index is 0.0110. The van der Waals surface area contributed by atoms with Crippen LogP contribution in [0.4, 0.5) is 26.3 Å². The second-order valence-electron chi connectivity index (χ2n) is 9.26. The Balaban J connectivity index is 1.47. The van der Waals surface area contributed by atoms with Crippen molar-refractivity contribution in [1.82, 2.24) is 9.46 Å². The van der Waals surface area contributed by atoms with Crippen molar-refractivity contribution < 1.29 is 72.2 Å². The molecule has 4 aromatic rings. The number of hydrogen-bond donors (Lipinski definition) is 4. The Morgan fingerprint density at radius 2 is 0.864 bits per heavy atom. The van der Waals surface area contributed by atoms with E-state index in [0.717, 1.165) is 24.3 Å². The second-order valence-corrected chi connectivity index (χ2v) is 12.3. The van der Waals surface area contributed by atoms with E-state index in [1.807, 2.05) is 0 Å². The summed E-state index contributed by atoms with van der Waals surface area (Å²) >= 11 is 0. The highest BCUT2D eigenvalue weighted by Gasteiger charge is 2.38. The van der Waals surface area contributed by atoms with Gasteiger partial charge in [0.15, 0.2) is 0 Å². The van der Waals surface area contributed by atoms with Crippen LogP contribution in [-0.4, -0.2) is 46.7 Å². The monoisotopic (exact) mass is 670 g/mol. The van der Waals surface area contributed by atoms with Crippen molar-refractivity contribution in [2.45, 2.75) is 35.0 Å². The predicted octanol–water partition coefficient (Wildman–Crippen LogP) is 3.28. The van der Waals surface area contributed by atoms with Gasteiger partial charge in [0.2, 0.25) is 23.5 Å². The lowest BCUT2D eigenvalue weighted by molar-refractivity contribution is -0.138. The molecule has 0 radical (unpaired) electrons. The molecule has 2 aromatic carbocycles. The molecule has 0 saturated carbocycles. The molecule has 0 saturated heterocycles. The van der Waals surface area contributed by atoms with Gasteiger partial charge in [-0.3, -0.25) is 8.57 Å². The molecule has 2 aromatic heterocycles. The zero-order chi connectivity index (χ0) is 32.6. The van der Waals surface area contributed by atoms with Crippen LogP contribution in [0.15, 0.2) is 58.3 Å². The van der Waals surface area contributed by atoms with Crippen molar-refractivity contribution in [1.29, 1.82) is 0 Å². The summed E-state index contributed by atoms with van der Waals surface area (Å²) in [4.78, 5) is -1.96. The van der Waals surface area contributed by atoms with Crippen LogP contribution < -0.4 is 8.57 Å². The average Bonchev–Trinajstić information content (AvgIpc) is 3.30. The Hall–Kier alpha value is -4.72. The summed E-state index contributed by atoms with van der Waals surface area (Å²) < 4.78 is 138. The summed E-state index contributed by atoms with van der Waals surface area (Å²) in [5, 5.41) is 42.5. The van der Waals surface area contributed by atoms with E-state index >= 15 is 0 Å². The van der Waals surface area contributed by atoms with Gasteiger partial charge in [-0.25, -0.2) is 0 Å². The smallest absolute Gasteiger partial charge is 0.416 e. The van der Waals surface area contributed by atoms with E-state index in [2.05, 4.69) is 8.57 Å². The number of alkyl halides is 6. The maximum atomic E-state index is 13.0. The Labute approximate surface area is 242 Å². The molecule has 2 heterocycles. The highest BCUT2D eigenvalue weighted by atomic mass is 32.2. The third-order valence-electron chi connectivity index (χ3n) is 6.53. The Bertz CT molecular complexity index is 1830. The number of benzene rings is 2. The molecular formula is C24H16F6N2O10S2. The zero-order valence-corrected chi connectivity index (χ0v) is 22.9. The molecule has 1 aliphatic carbocycles. The summed E-state index contributed by atoms with van der Waals surface area (Å²) in [5.74, 6) is -4.32. The van der Waals surface area contributed by atoms with Gasteiger partial charge in [-0.1, -0.05) is 21.6 Å². The molecule has 236 valence electrons. The summed E-state index contributed by atoms with van der Waals surface area (Å²) in [6.07, 6.45) is -11.1. The molecule has 0 bridgehead atoms. The van der Waals surface area contributed by atoms with E-state index in [9.17, 15) is 63.6 Å². The van der Waals surface area contributed by atoms with Crippen LogP contribution in [0.3, 0.4) is 0 Å². The first kappa shape index (κ1) is 30.7. The SMILES string of the molecule is O=S(=O)(On1c(O)c2c(c1O)Cc1c(c(O)n(OS(=O)(=O)c3cccc(C(F)(F)F)c3)c1O)C2)c1cccc(C(F)(F)F)c1. The fraction of sp³-hybridized carbons (Fsp3) is 0.167. The highest BCUT2D eigenvalue weighted by molar-refractivity contribution is 7.87. The summed E-state index contributed by atoms with van der Waals surface area (Å²) in [5.41, 5.74) is -3.88. The molecule has 0 aliphatic heterocycles. The normalized spacial score (nSPS) is 13.8. The molecular weight excluding hydrogens is 654 g/mol. The number of aromatic nitrogens is 2. The van der Waals surface area contributed by atoms with E-state index in [4.69, 9.17) is 0 Å². The lowest BCUT2D eigenvalue weighted by atomic mass is 9.90. The van der Waals surface area contributed by atoms with Gasteiger partial charge in [-0.05, 0) is 36.4 Å². The van der Waals surface area contributed by atoms with Gasteiger partial charge in [-0.2, -0.15) is 43.2 Å². The predicted molar refractivity (Wildman–Crippen MR) is 132 cm³/mol. The topological polar surface area (TPSA) is 178 Å². The first-order chi connectivity index (χ1) is 20.2. The van der Waals surface area contributed by atoms with E-state index in [1.165, 1.54) is 0 Å². The van der Waals surface area contributed by atoms with Crippen molar-refractivity contribution in [2.24, 2.45) is 0 Å². The summed E-state index contributed by atoms with van der Waals surface area (Å²) in [6, 6.07) is 4.80. The van der Waals surface area contributed by atoms with Gasteiger partial charge in [-0.15, -0.1) is 0 Å². The van der Waals surface area contributed by atoms with Crippen molar-refractivity contribution in [2.75, 3.05) is 0 Å². The minimum Gasteiger partial charge on any atom is -0.492 e. The van der Waals surface area contributed by atoms with Crippen molar-refractivity contribution in [3.8, 4) is 23.5 Å². The molecule has 0 unspecified atom stereocenters. The first-order valence-corrected chi connectivity index (χ1v) is 14.6. The largest absolute Gasteiger partial charge is 0.492 e. The number of fused-ring (bicyclic) bond motifs is 2. The molecule has 44 heavy (non-hydrogen) atoms. The molecule has 1 aliphatic rings. The standard InChI is InChI=1S/C24H16F6N2O10S2/c25-23(26,27)11-3-1-5-13(7-11)43(37,38)41-31-19(33)15-9-17-18(10-16(15)20(31)34)22(36)32(21(17)35)42-44(39,40)14-6-2-4-12(8-14)24(28,29)30/h1-8,33-36H,9-10H2. The van der Waals surface area contributed by atoms with Gasteiger partial charge < -0.3 is 20.4 Å². The van der Waals surface area contributed by atoms with Gasteiger partial charge in [0.25, 0.3) is 0 Å². The maximum Gasteiger partial charge on any atom is 0.416 e. The Morgan fingerprint density at radius 3 is 1.14 bits per heavy atom. The van der Waals surface area contributed by atoms with E-state index < -0.39 is 89.9 Å². The first-order valence-electron chi connectivity index (χ1n) is 11.8. The lowest BCUT2D eigenvalue weighted by Crippen LogP contribution is -2.20. The second kappa shape index (κ2) is 9.91. The van der Waals surface area contributed by atoms with Crippen molar-refractivity contribution in [3.63, 3.8) is 0 Å². The van der Waals surface area contributed by atoms with Crippen molar-refractivity contribution in [3.05, 3.63) is 81.9 Å². The Morgan fingerprint density at radius 1 is 0.568 bits per heavy atom. The van der Waals surface area contributed by atoms with Crippen LogP contribution in [0.1, 0.15) is 33.4 Å². The molecule has 5 rings (SSSR count). The average molecular weight is 671 g/mol. The van der Waals surface area contributed by atoms with E-state index in [-0.39, 0.29) is 43.8 Å². The fourth-order valence-electron chi connectivity index (χ4n) is 4.41. The van der Waals surface area contributed by atoms with Crippen LogP contribution in [0, 0.1) is 0 Å². The van der Waals surface area contributed by atoms with Crippen LogP contribution in [-0.2, 0) is 45.4 Å².